The Morgan fingerprint density at radius 1 is 0.510 bits per heavy atom. The van der Waals surface area contributed by atoms with Gasteiger partial charge in [0.05, 0.1) is 11.4 Å². The number of fused-ring (bicyclic) bond motifs is 3. The number of benzene rings is 7. The third-order valence-electron chi connectivity index (χ3n) is 8.80. The highest BCUT2D eigenvalue weighted by Gasteiger charge is 2.12. The van der Waals surface area contributed by atoms with Crippen LogP contribution in [0.4, 0.5) is 5.69 Å². The third kappa shape index (κ3) is 7.62. The van der Waals surface area contributed by atoms with Gasteiger partial charge in [-0.2, -0.15) is 0 Å². The van der Waals surface area contributed by atoms with Gasteiger partial charge in [0.15, 0.2) is 0 Å². The van der Waals surface area contributed by atoms with Gasteiger partial charge in [-0.15, -0.1) is 11.3 Å². The molecule has 1 heterocycles. The Hall–Kier alpha value is -6.36. The van der Waals surface area contributed by atoms with Crippen LogP contribution >= 0.6 is 11.3 Å². The molecule has 0 saturated heterocycles. The number of nitrogens with one attached hydrogen (secondary N) is 1. The Morgan fingerprint density at radius 2 is 1.06 bits per heavy atom. The average molecular weight is 676 g/mol. The lowest BCUT2D eigenvalue weighted by atomic mass is 9.92. The van der Waals surface area contributed by atoms with E-state index in [0.717, 1.165) is 44.8 Å². The van der Waals surface area contributed by atoms with Crippen molar-refractivity contribution in [3.8, 4) is 11.1 Å². The largest absolute Gasteiger partial charge is 0.399 e. The number of nitrogens with zero attached hydrogens (tertiary/aromatic N) is 1. The van der Waals surface area contributed by atoms with Gasteiger partial charge in [0.2, 0.25) is 0 Å². The molecule has 8 aromatic rings. The Balaban J connectivity index is 0.000000243. The highest BCUT2D eigenvalue weighted by Crippen LogP contribution is 2.35. The van der Waals surface area contributed by atoms with Crippen LogP contribution in [0.1, 0.15) is 27.8 Å². The lowest BCUT2D eigenvalue weighted by Gasteiger charge is -2.13. The summed E-state index contributed by atoms with van der Waals surface area (Å²) in [5.74, 6) is 0. The molecule has 246 valence electrons. The predicted octanol–water partition coefficient (Wildman–Crippen LogP) is 12.0. The highest BCUT2D eigenvalue weighted by atomic mass is 32.1. The molecule has 0 saturated carbocycles. The zero-order valence-electron chi connectivity index (χ0n) is 28.3. The quantitative estimate of drug-likeness (QED) is 0.128. The van der Waals surface area contributed by atoms with Crippen molar-refractivity contribution in [2.24, 2.45) is 4.99 Å². The Bertz CT molecular complexity index is 2450. The monoisotopic (exact) mass is 675 g/mol. The van der Waals surface area contributed by atoms with Crippen molar-refractivity contribution in [2.45, 2.75) is 0 Å². The van der Waals surface area contributed by atoms with Crippen molar-refractivity contribution in [3.05, 3.63) is 216 Å². The number of allylic oxidation sites excluding steroid dienone is 1. The summed E-state index contributed by atoms with van der Waals surface area (Å²) in [7, 11) is 1.86. The summed E-state index contributed by atoms with van der Waals surface area (Å²) in [5.41, 5.74) is 17.1. The summed E-state index contributed by atoms with van der Waals surface area (Å²) in [6, 6.07) is 62.0. The molecule has 3 nitrogen and oxygen atoms in total. The number of nitrogen functional groups attached to an aromatic ring is 1. The SMILES string of the molecule is CN=C(/C=C(/c1cccc(N)c1)c1cccc(-c2ccccc2)c1)c1ccc2c(c1)sc1ccccc12.N=C(c1ccccc1)c1ccccc1. The second kappa shape index (κ2) is 15.5. The summed E-state index contributed by atoms with van der Waals surface area (Å²) in [5, 5.41) is 10.6. The number of hydrogen-bond acceptors (Lipinski definition) is 4. The van der Waals surface area contributed by atoms with E-state index in [4.69, 9.17) is 16.1 Å². The summed E-state index contributed by atoms with van der Waals surface area (Å²) in [6.45, 7) is 0. The molecule has 0 atom stereocenters. The molecule has 0 spiro atoms. The first kappa shape index (κ1) is 33.2. The summed E-state index contributed by atoms with van der Waals surface area (Å²) >= 11 is 1.82. The van der Waals surface area contributed by atoms with Gasteiger partial charge in [-0.3, -0.25) is 10.4 Å². The second-order valence-corrected chi connectivity index (χ2v) is 13.2. The molecule has 51 heavy (non-hydrogen) atoms. The minimum atomic E-state index is 0.575. The van der Waals surface area contributed by atoms with Crippen LogP contribution in [0.5, 0.6) is 0 Å². The Morgan fingerprint density at radius 3 is 1.73 bits per heavy atom. The fourth-order valence-electron chi connectivity index (χ4n) is 6.21. The van der Waals surface area contributed by atoms with Crippen LogP contribution in [0.15, 0.2) is 193 Å². The Labute approximate surface area is 303 Å². The first-order chi connectivity index (χ1) is 25.1. The summed E-state index contributed by atoms with van der Waals surface area (Å²) < 4.78 is 2.57. The zero-order valence-corrected chi connectivity index (χ0v) is 29.1. The van der Waals surface area contributed by atoms with Crippen molar-refractivity contribution >= 4 is 54.2 Å². The van der Waals surface area contributed by atoms with Crippen LogP contribution in [0.2, 0.25) is 0 Å². The average Bonchev–Trinajstić information content (AvgIpc) is 3.57. The van der Waals surface area contributed by atoms with Crippen molar-refractivity contribution in [1.82, 2.24) is 0 Å². The molecule has 0 aliphatic carbocycles. The van der Waals surface area contributed by atoms with Gasteiger partial charge in [-0.05, 0) is 75.4 Å². The van der Waals surface area contributed by atoms with E-state index in [-0.39, 0.29) is 0 Å². The van der Waals surface area contributed by atoms with Gasteiger partial charge < -0.3 is 5.73 Å². The molecule has 0 unspecified atom stereocenters. The number of thiophene rings is 1. The molecule has 0 aliphatic heterocycles. The molecular formula is C47H37N3S. The lowest BCUT2D eigenvalue weighted by Crippen LogP contribution is -2.00. The maximum Gasteiger partial charge on any atom is 0.0684 e. The predicted molar refractivity (Wildman–Crippen MR) is 220 cm³/mol. The minimum Gasteiger partial charge on any atom is -0.399 e. The molecule has 0 aliphatic rings. The molecule has 3 N–H and O–H groups in total. The molecule has 0 amide bonds. The molecule has 4 heteroatoms. The maximum atomic E-state index is 7.97. The van der Waals surface area contributed by atoms with Crippen molar-refractivity contribution in [3.63, 3.8) is 0 Å². The molecule has 0 radical (unpaired) electrons. The Kier molecular flexibility index (Phi) is 10.0. The zero-order chi connectivity index (χ0) is 35.0. The fraction of sp³-hybridized carbons (Fsp3) is 0.0213. The van der Waals surface area contributed by atoms with Crippen LogP contribution in [0.3, 0.4) is 0 Å². The molecule has 0 fully saturated rings. The van der Waals surface area contributed by atoms with Crippen molar-refractivity contribution < 1.29 is 0 Å². The van der Waals surface area contributed by atoms with Crippen LogP contribution in [-0.4, -0.2) is 18.5 Å². The summed E-state index contributed by atoms with van der Waals surface area (Å²) in [6.07, 6.45) is 2.19. The van der Waals surface area contributed by atoms with E-state index >= 15 is 0 Å². The van der Waals surface area contributed by atoms with E-state index < -0.39 is 0 Å². The smallest absolute Gasteiger partial charge is 0.0684 e. The van der Waals surface area contributed by atoms with Crippen molar-refractivity contribution in [1.29, 1.82) is 5.41 Å². The molecule has 0 bridgehead atoms. The number of nitrogens with two attached hydrogens (primary N) is 1. The van der Waals surface area contributed by atoms with Gasteiger partial charge in [-0.1, -0.05) is 152 Å². The molecular weight excluding hydrogens is 639 g/mol. The molecule has 1 aromatic heterocycles. The first-order valence-electron chi connectivity index (χ1n) is 16.9. The third-order valence-corrected chi connectivity index (χ3v) is 9.93. The lowest BCUT2D eigenvalue weighted by molar-refractivity contribution is 1.43. The number of anilines is 1. The van der Waals surface area contributed by atoms with E-state index in [1.54, 1.807) is 0 Å². The molecule has 7 aromatic carbocycles. The highest BCUT2D eigenvalue weighted by molar-refractivity contribution is 7.25. The van der Waals surface area contributed by atoms with Crippen LogP contribution < -0.4 is 5.73 Å². The number of aliphatic imine (C=N–C) groups is 1. The second-order valence-electron chi connectivity index (χ2n) is 12.2. The topological polar surface area (TPSA) is 62.2 Å². The van der Waals surface area contributed by atoms with Crippen LogP contribution in [0.25, 0.3) is 36.9 Å². The van der Waals surface area contributed by atoms with Gasteiger partial charge in [0.25, 0.3) is 0 Å². The standard InChI is InChI=1S/C34H26N2S.C13H11N/c1-36-32(27-17-18-30-29-15-5-6-16-33(29)37-34(30)21-27)22-31(26-13-8-14-28(35)20-26)25-12-7-11-24(19-25)23-9-3-2-4-10-23;14-13(11-7-3-1-4-8-11)12-9-5-2-6-10-12/h2-22H,35H2,1H3;1-10,14H/b31-22+,36-32?;. The maximum absolute atomic E-state index is 7.97. The van der Waals surface area contributed by atoms with E-state index in [1.165, 1.54) is 31.3 Å². The minimum absolute atomic E-state index is 0.575. The number of rotatable bonds is 7. The first-order valence-corrected chi connectivity index (χ1v) is 17.7. The molecule has 8 rings (SSSR count). The number of hydrogen-bond donors (Lipinski definition) is 2. The van der Waals surface area contributed by atoms with Gasteiger partial charge in [0.1, 0.15) is 0 Å². The van der Waals surface area contributed by atoms with Gasteiger partial charge in [-0.25, -0.2) is 0 Å². The van der Waals surface area contributed by atoms with Crippen LogP contribution in [0, 0.1) is 5.41 Å². The van der Waals surface area contributed by atoms with E-state index in [2.05, 4.69) is 103 Å². The van der Waals surface area contributed by atoms with Crippen molar-refractivity contribution in [2.75, 3.05) is 12.8 Å². The van der Waals surface area contributed by atoms with Crippen LogP contribution in [-0.2, 0) is 0 Å². The summed E-state index contributed by atoms with van der Waals surface area (Å²) in [4.78, 5) is 4.73. The van der Waals surface area contributed by atoms with Gasteiger partial charge >= 0.3 is 0 Å². The normalized spacial score (nSPS) is 11.6. The van der Waals surface area contributed by atoms with Gasteiger partial charge in [0, 0.05) is 38.5 Å². The van der Waals surface area contributed by atoms with E-state index in [1.807, 2.05) is 103 Å². The van der Waals surface area contributed by atoms with E-state index in [0.29, 0.717) is 5.71 Å². The fourth-order valence-corrected chi connectivity index (χ4v) is 7.36. The van der Waals surface area contributed by atoms with E-state index in [9.17, 15) is 0 Å².